The van der Waals surface area contributed by atoms with Gasteiger partial charge in [-0.25, -0.2) is 0 Å². The van der Waals surface area contributed by atoms with E-state index in [4.69, 9.17) is 4.74 Å². The third-order valence-corrected chi connectivity index (χ3v) is 7.25. The SMILES string of the molecule is Cc1cccc(C(=O)N2C(C(=O)N(C)Cc3ccccc3)COC23CCN(C(=O)CC(C)(C)C)CC3)c1. The van der Waals surface area contributed by atoms with Crippen molar-refractivity contribution in [3.8, 4) is 0 Å². The second kappa shape index (κ2) is 10.7. The van der Waals surface area contributed by atoms with Gasteiger partial charge < -0.3 is 14.5 Å². The number of piperidine rings is 1. The molecule has 2 aromatic rings. The van der Waals surface area contributed by atoms with Crippen molar-refractivity contribution in [2.75, 3.05) is 26.7 Å². The van der Waals surface area contributed by atoms with E-state index in [0.717, 1.165) is 11.1 Å². The van der Waals surface area contributed by atoms with Gasteiger partial charge in [0.15, 0.2) is 0 Å². The number of rotatable bonds is 5. The van der Waals surface area contributed by atoms with Crippen LogP contribution >= 0.6 is 0 Å². The van der Waals surface area contributed by atoms with Crippen molar-refractivity contribution >= 4 is 17.7 Å². The molecule has 0 saturated carbocycles. The van der Waals surface area contributed by atoms with E-state index < -0.39 is 11.8 Å². The Bertz CT molecular complexity index is 1130. The largest absolute Gasteiger partial charge is 0.353 e. The van der Waals surface area contributed by atoms with E-state index in [9.17, 15) is 14.4 Å². The first-order valence-corrected chi connectivity index (χ1v) is 13.1. The van der Waals surface area contributed by atoms with Crippen LogP contribution in [0.1, 0.15) is 61.5 Å². The summed E-state index contributed by atoms with van der Waals surface area (Å²) in [5, 5.41) is 0. The number of likely N-dealkylation sites (tertiary alicyclic amines) is 1. The standard InChI is InChI=1S/C30H39N3O4/c1-22-10-9-13-24(18-22)27(35)33-25(28(36)31(5)20-23-11-7-6-8-12-23)21-37-30(33)14-16-32(17-15-30)26(34)19-29(2,3)4/h6-13,18,25H,14-17,19-21H2,1-5H3. The van der Waals surface area contributed by atoms with Crippen LogP contribution in [0.4, 0.5) is 0 Å². The van der Waals surface area contributed by atoms with Crippen molar-refractivity contribution in [2.24, 2.45) is 5.41 Å². The average molecular weight is 506 g/mol. The van der Waals surface area contributed by atoms with Crippen molar-refractivity contribution in [1.29, 1.82) is 0 Å². The molecular weight excluding hydrogens is 466 g/mol. The number of hydrogen-bond donors (Lipinski definition) is 0. The van der Waals surface area contributed by atoms with Gasteiger partial charge in [0.05, 0.1) is 6.61 Å². The third kappa shape index (κ3) is 6.04. The van der Waals surface area contributed by atoms with Gasteiger partial charge in [0.25, 0.3) is 5.91 Å². The maximum Gasteiger partial charge on any atom is 0.256 e. The minimum absolute atomic E-state index is 0.0932. The molecular formula is C30H39N3O4. The van der Waals surface area contributed by atoms with Crippen LogP contribution in [0.5, 0.6) is 0 Å². The van der Waals surface area contributed by atoms with Crippen molar-refractivity contribution < 1.29 is 19.1 Å². The van der Waals surface area contributed by atoms with E-state index in [1.54, 1.807) is 22.9 Å². The lowest BCUT2D eigenvalue weighted by atomic mass is 9.90. The number of carbonyl (C=O) groups is 3. The van der Waals surface area contributed by atoms with E-state index >= 15 is 0 Å². The van der Waals surface area contributed by atoms with Crippen molar-refractivity contribution in [2.45, 2.75) is 65.3 Å². The van der Waals surface area contributed by atoms with E-state index in [-0.39, 0.29) is 29.7 Å². The molecule has 0 aliphatic carbocycles. The molecule has 0 radical (unpaired) electrons. The molecule has 7 heteroatoms. The molecule has 37 heavy (non-hydrogen) atoms. The predicted molar refractivity (Wildman–Crippen MR) is 143 cm³/mol. The molecule has 2 saturated heterocycles. The number of carbonyl (C=O) groups excluding carboxylic acids is 3. The molecule has 0 N–H and O–H groups in total. The summed E-state index contributed by atoms with van der Waals surface area (Å²) >= 11 is 0. The van der Waals surface area contributed by atoms with Gasteiger partial charge >= 0.3 is 0 Å². The maximum atomic E-state index is 14.0. The summed E-state index contributed by atoms with van der Waals surface area (Å²) < 4.78 is 6.35. The maximum absolute atomic E-state index is 14.0. The zero-order chi connectivity index (χ0) is 26.8. The molecule has 2 aliphatic heterocycles. The van der Waals surface area contributed by atoms with Crippen LogP contribution < -0.4 is 0 Å². The highest BCUT2D eigenvalue weighted by Gasteiger charge is 2.54. The molecule has 2 aliphatic rings. The van der Waals surface area contributed by atoms with E-state index in [0.29, 0.717) is 44.5 Å². The minimum atomic E-state index is -0.909. The van der Waals surface area contributed by atoms with Gasteiger partial charge in [-0.15, -0.1) is 0 Å². The summed E-state index contributed by atoms with van der Waals surface area (Å²) in [5.74, 6) is -0.234. The molecule has 198 valence electrons. The second-order valence-corrected chi connectivity index (χ2v) is 11.6. The fourth-order valence-corrected chi connectivity index (χ4v) is 5.33. The van der Waals surface area contributed by atoms with Gasteiger partial charge in [-0.2, -0.15) is 0 Å². The Hall–Kier alpha value is -3.19. The van der Waals surface area contributed by atoms with Gasteiger partial charge in [0.2, 0.25) is 11.8 Å². The monoisotopic (exact) mass is 505 g/mol. The highest BCUT2D eigenvalue weighted by Crippen LogP contribution is 2.39. The quantitative estimate of drug-likeness (QED) is 0.609. The lowest BCUT2D eigenvalue weighted by Gasteiger charge is -2.45. The van der Waals surface area contributed by atoms with Crippen LogP contribution in [0.15, 0.2) is 54.6 Å². The number of benzene rings is 2. The molecule has 1 unspecified atom stereocenters. The molecule has 4 rings (SSSR count). The summed E-state index contributed by atoms with van der Waals surface area (Å²) in [5.41, 5.74) is 1.54. The number of ether oxygens (including phenoxy) is 1. The Morgan fingerprint density at radius 2 is 1.70 bits per heavy atom. The highest BCUT2D eigenvalue weighted by atomic mass is 16.5. The summed E-state index contributed by atoms with van der Waals surface area (Å²) in [6.07, 6.45) is 1.43. The Labute approximate surface area is 220 Å². The Morgan fingerprint density at radius 3 is 2.32 bits per heavy atom. The summed E-state index contributed by atoms with van der Waals surface area (Å²) in [7, 11) is 1.77. The van der Waals surface area contributed by atoms with Crippen LogP contribution in [0.2, 0.25) is 0 Å². The zero-order valence-corrected chi connectivity index (χ0v) is 22.7. The van der Waals surface area contributed by atoms with Gasteiger partial charge in [-0.05, 0) is 30.0 Å². The average Bonchev–Trinajstić information content (AvgIpc) is 3.21. The Kier molecular flexibility index (Phi) is 7.74. The molecule has 3 amide bonds. The van der Waals surface area contributed by atoms with Gasteiger partial charge in [0.1, 0.15) is 11.8 Å². The molecule has 7 nitrogen and oxygen atoms in total. The third-order valence-electron chi connectivity index (χ3n) is 7.25. The number of aryl methyl sites for hydroxylation is 1. The zero-order valence-electron chi connectivity index (χ0n) is 22.7. The molecule has 0 aromatic heterocycles. The smallest absolute Gasteiger partial charge is 0.256 e. The fourth-order valence-electron chi connectivity index (χ4n) is 5.33. The number of hydrogen-bond acceptors (Lipinski definition) is 4. The van der Waals surface area contributed by atoms with Crippen LogP contribution in [0.3, 0.4) is 0 Å². The first-order valence-electron chi connectivity index (χ1n) is 13.1. The number of likely N-dealkylation sites (N-methyl/N-ethyl adjacent to an activating group) is 1. The van der Waals surface area contributed by atoms with Crippen molar-refractivity contribution in [1.82, 2.24) is 14.7 Å². The summed E-state index contributed by atoms with van der Waals surface area (Å²) in [6.45, 7) is 9.70. The minimum Gasteiger partial charge on any atom is -0.353 e. The Morgan fingerprint density at radius 1 is 1.03 bits per heavy atom. The molecule has 2 aromatic carbocycles. The second-order valence-electron chi connectivity index (χ2n) is 11.6. The normalized spacial score (nSPS) is 19.2. The lowest BCUT2D eigenvalue weighted by molar-refractivity contribution is -0.146. The molecule has 1 atom stereocenters. The first kappa shape index (κ1) is 26.9. The van der Waals surface area contributed by atoms with Gasteiger partial charge in [-0.1, -0.05) is 68.8 Å². The van der Waals surface area contributed by atoms with Crippen LogP contribution in [-0.2, 0) is 20.9 Å². The summed E-state index contributed by atoms with van der Waals surface area (Å²) in [6, 6.07) is 16.5. The van der Waals surface area contributed by atoms with Crippen LogP contribution in [-0.4, -0.2) is 70.9 Å². The van der Waals surface area contributed by atoms with Gasteiger partial charge in [-0.3, -0.25) is 19.3 Å². The van der Waals surface area contributed by atoms with Crippen LogP contribution in [0.25, 0.3) is 0 Å². The lowest BCUT2D eigenvalue weighted by Crippen LogP contribution is -2.60. The molecule has 1 spiro atoms. The fraction of sp³-hybridized carbons (Fsp3) is 0.500. The summed E-state index contributed by atoms with van der Waals surface area (Å²) in [4.78, 5) is 45.8. The predicted octanol–water partition coefficient (Wildman–Crippen LogP) is 4.25. The topological polar surface area (TPSA) is 70.2 Å². The van der Waals surface area contributed by atoms with Crippen molar-refractivity contribution in [3.63, 3.8) is 0 Å². The molecule has 0 bridgehead atoms. The molecule has 2 heterocycles. The first-order chi connectivity index (χ1) is 17.5. The van der Waals surface area contributed by atoms with E-state index in [2.05, 4.69) is 20.8 Å². The van der Waals surface area contributed by atoms with E-state index in [1.165, 1.54) is 0 Å². The van der Waals surface area contributed by atoms with Crippen LogP contribution in [0, 0.1) is 12.3 Å². The number of nitrogens with zero attached hydrogens (tertiary/aromatic N) is 3. The van der Waals surface area contributed by atoms with E-state index in [1.807, 2.05) is 60.4 Å². The molecule has 2 fully saturated rings. The Balaban J connectivity index is 1.58. The van der Waals surface area contributed by atoms with Gasteiger partial charge in [0, 0.05) is 51.5 Å². The van der Waals surface area contributed by atoms with Crippen molar-refractivity contribution in [3.05, 3.63) is 71.3 Å². The highest BCUT2D eigenvalue weighted by molar-refractivity contribution is 5.98. The number of amides is 3.